The summed E-state index contributed by atoms with van der Waals surface area (Å²) in [5.41, 5.74) is 1.73. The number of hydrogen-bond acceptors (Lipinski definition) is 3. The van der Waals surface area contributed by atoms with E-state index < -0.39 is 0 Å². The van der Waals surface area contributed by atoms with Crippen molar-refractivity contribution in [1.82, 2.24) is 15.3 Å². The van der Waals surface area contributed by atoms with Crippen LogP contribution in [0.3, 0.4) is 0 Å². The average molecular weight is 291 g/mol. The van der Waals surface area contributed by atoms with Crippen LogP contribution in [0.15, 0.2) is 18.5 Å². The van der Waals surface area contributed by atoms with Gasteiger partial charge in [0.05, 0.1) is 29.4 Å². The van der Waals surface area contributed by atoms with Gasteiger partial charge in [-0.15, -0.1) is 0 Å². The number of amides is 1. The summed E-state index contributed by atoms with van der Waals surface area (Å²) < 4.78 is 19.5. The van der Waals surface area contributed by atoms with E-state index in [1.54, 1.807) is 6.07 Å². The Morgan fingerprint density at radius 1 is 1.57 bits per heavy atom. The van der Waals surface area contributed by atoms with Gasteiger partial charge in [-0.1, -0.05) is 6.92 Å². The minimum atomic E-state index is -0.357. The fourth-order valence-electron chi connectivity index (χ4n) is 2.87. The standard InChI is InChI=1S/C15H18FN3O2/c1-2-13-9(5-6-21-13)15(20)17-7-10-11(16)3-4-12-14(10)19-8-18-12/h3-4,8-9,13H,2,5-7H2,1H3,(H,17,20)(H,18,19)/t9-,13+/m1/s1. The second kappa shape index (κ2) is 5.81. The van der Waals surface area contributed by atoms with Crippen molar-refractivity contribution in [2.24, 2.45) is 5.92 Å². The molecule has 0 unspecified atom stereocenters. The Balaban J connectivity index is 1.73. The van der Waals surface area contributed by atoms with E-state index in [1.807, 2.05) is 6.92 Å². The Kier molecular flexibility index (Phi) is 3.88. The molecular formula is C15H18FN3O2. The summed E-state index contributed by atoms with van der Waals surface area (Å²) in [6.45, 7) is 2.75. The second-order valence-corrected chi connectivity index (χ2v) is 5.26. The molecule has 5 nitrogen and oxygen atoms in total. The van der Waals surface area contributed by atoms with Crippen LogP contribution in [0, 0.1) is 11.7 Å². The van der Waals surface area contributed by atoms with Crippen molar-refractivity contribution in [3.05, 3.63) is 29.8 Å². The van der Waals surface area contributed by atoms with E-state index >= 15 is 0 Å². The molecule has 1 aromatic carbocycles. The van der Waals surface area contributed by atoms with E-state index in [-0.39, 0.29) is 30.3 Å². The molecule has 1 fully saturated rings. The normalized spacial score (nSPS) is 21.8. The van der Waals surface area contributed by atoms with Crippen molar-refractivity contribution in [3.8, 4) is 0 Å². The maximum Gasteiger partial charge on any atom is 0.226 e. The molecule has 2 heterocycles. The molecule has 1 amide bonds. The van der Waals surface area contributed by atoms with Crippen LogP contribution in [0.4, 0.5) is 4.39 Å². The number of hydrogen-bond donors (Lipinski definition) is 2. The number of carbonyl (C=O) groups is 1. The summed E-state index contributed by atoms with van der Waals surface area (Å²) in [7, 11) is 0. The lowest BCUT2D eigenvalue weighted by atomic mass is 9.98. The van der Waals surface area contributed by atoms with Gasteiger partial charge in [-0.3, -0.25) is 4.79 Å². The topological polar surface area (TPSA) is 67.0 Å². The quantitative estimate of drug-likeness (QED) is 0.907. The fraction of sp³-hybridized carbons (Fsp3) is 0.467. The van der Waals surface area contributed by atoms with Crippen LogP contribution in [0.2, 0.25) is 0 Å². The fourth-order valence-corrected chi connectivity index (χ4v) is 2.87. The molecule has 0 saturated carbocycles. The SMILES string of the molecule is CC[C@@H]1OCC[C@H]1C(=O)NCc1c(F)ccc2[nH]cnc12. The van der Waals surface area contributed by atoms with Gasteiger partial charge in [0.25, 0.3) is 0 Å². The number of H-pyrrole nitrogens is 1. The summed E-state index contributed by atoms with van der Waals surface area (Å²) in [5, 5.41) is 2.82. The van der Waals surface area contributed by atoms with Crippen molar-refractivity contribution in [2.45, 2.75) is 32.4 Å². The van der Waals surface area contributed by atoms with Gasteiger partial charge in [-0.05, 0) is 25.0 Å². The maximum absolute atomic E-state index is 13.9. The van der Waals surface area contributed by atoms with Crippen molar-refractivity contribution in [3.63, 3.8) is 0 Å². The highest BCUT2D eigenvalue weighted by atomic mass is 19.1. The summed E-state index contributed by atoms with van der Waals surface area (Å²) in [4.78, 5) is 19.3. The minimum Gasteiger partial charge on any atom is -0.377 e. The van der Waals surface area contributed by atoms with E-state index in [4.69, 9.17) is 4.74 Å². The molecule has 0 bridgehead atoms. The van der Waals surface area contributed by atoms with Gasteiger partial charge >= 0.3 is 0 Å². The molecule has 1 aliphatic rings. The number of rotatable bonds is 4. The molecule has 112 valence electrons. The van der Waals surface area contributed by atoms with Crippen LogP contribution in [-0.4, -0.2) is 28.6 Å². The zero-order valence-electron chi connectivity index (χ0n) is 11.9. The molecule has 2 atom stereocenters. The predicted octanol–water partition coefficient (Wildman–Crippen LogP) is 2.13. The summed E-state index contributed by atoms with van der Waals surface area (Å²) in [6.07, 6.45) is 3.02. The van der Waals surface area contributed by atoms with Gasteiger partial charge in [0.15, 0.2) is 0 Å². The highest BCUT2D eigenvalue weighted by molar-refractivity contribution is 5.81. The number of nitrogens with zero attached hydrogens (tertiary/aromatic N) is 1. The summed E-state index contributed by atoms with van der Waals surface area (Å²) in [5.74, 6) is -0.577. The zero-order valence-corrected chi connectivity index (χ0v) is 11.9. The largest absolute Gasteiger partial charge is 0.377 e. The second-order valence-electron chi connectivity index (χ2n) is 5.26. The number of carbonyl (C=O) groups excluding carboxylic acids is 1. The highest BCUT2D eigenvalue weighted by Crippen LogP contribution is 2.24. The number of halogens is 1. The van der Waals surface area contributed by atoms with E-state index in [0.717, 1.165) is 18.4 Å². The maximum atomic E-state index is 13.9. The molecule has 6 heteroatoms. The van der Waals surface area contributed by atoms with Crippen molar-refractivity contribution >= 4 is 16.9 Å². The zero-order chi connectivity index (χ0) is 14.8. The van der Waals surface area contributed by atoms with Gasteiger partial charge in [0.2, 0.25) is 5.91 Å². The summed E-state index contributed by atoms with van der Waals surface area (Å²) in [6, 6.07) is 3.02. The number of imidazole rings is 1. The lowest BCUT2D eigenvalue weighted by Crippen LogP contribution is -2.34. The molecule has 1 aromatic heterocycles. The van der Waals surface area contributed by atoms with Gasteiger partial charge < -0.3 is 15.0 Å². The predicted molar refractivity (Wildman–Crippen MR) is 76.0 cm³/mol. The third-order valence-corrected chi connectivity index (χ3v) is 4.03. The van der Waals surface area contributed by atoms with Crippen molar-refractivity contribution < 1.29 is 13.9 Å². The smallest absolute Gasteiger partial charge is 0.226 e. The number of benzene rings is 1. The first kappa shape index (κ1) is 14.0. The first-order valence-corrected chi connectivity index (χ1v) is 7.20. The van der Waals surface area contributed by atoms with Crippen molar-refractivity contribution in [2.75, 3.05) is 6.61 Å². The van der Waals surface area contributed by atoms with E-state index in [0.29, 0.717) is 17.7 Å². The Morgan fingerprint density at radius 3 is 3.24 bits per heavy atom. The third kappa shape index (κ3) is 2.63. The van der Waals surface area contributed by atoms with E-state index in [1.165, 1.54) is 12.4 Å². The molecule has 2 N–H and O–H groups in total. The first-order valence-electron chi connectivity index (χ1n) is 7.20. The van der Waals surface area contributed by atoms with Crippen molar-refractivity contribution in [1.29, 1.82) is 0 Å². The molecule has 0 spiro atoms. The molecule has 0 aliphatic carbocycles. The molecule has 21 heavy (non-hydrogen) atoms. The Labute approximate surface area is 121 Å². The Bertz CT molecular complexity index is 655. The monoisotopic (exact) mass is 291 g/mol. The first-order chi connectivity index (χ1) is 10.2. The highest BCUT2D eigenvalue weighted by Gasteiger charge is 2.32. The number of ether oxygens (including phenoxy) is 1. The molecule has 2 aromatic rings. The lowest BCUT2D eigenvalue weighted by molar-refractivity contribution is -0.126. The summed E-state index contributed by atoms with van der Waals surface area (Å²) >= 11 is 0. The minimum absolute atomic E-state index is 0.0315. The van der Waals surface area contributed by atoms with Crippen LogP contribution in [0.25, 0.3) is 11.0 Å². The molecular weight excluding hydrogens is 273 g/mol. The van der Waals surface area contributed by atoms with Gasteiger partial charge in [0, 0.05) is 18.7 Å². The van der Waals surface area contributed by atoms with Gasteiger partial charge in [-0.25, -0.2) is 9.37 Å². The molecule has 1 saturated heterocycles. The van der Waals surface area contributed by atoms with Crippen LogP contribution >= 0.6 is 0 Å². The van der Waals surface area contributed by atoms with Crippen LogP contribution in [0.5, 0.6) is 0 Å². The Morgan fingerprint density at radius 2 is 2.43 bits per heavy atom. The van der Waals surface area contributed by atoms with E-state index in [9.17, 15) is 9.18 Å². The molecule has 1 aliphatic heterocycles. The van der Waals surface area contributed by atoms with Gasteiger partial charge in [0.1, 0.15) is 5.82 Å². The lowest BCUT2D eigenvalue weighted by Gasteiger charge is -2.16. The Hall–Kier alpha value is -1.95. The van der Waals surface area contributed by atoms with Gasteiger partial charge in [-0.2, -0.15) is 0 Å². The van der Waals surface area contributed by atoms with Crippen LogP contribution in [-0.2, 0) is 16.1 Å². The third-order valence-electron chi connectivity index (χ3n) is 4.03. The number of aromatic nitrogens is 2. The molecule has 0 radical (unpaired) electrons. The van der Waals surface area contributed by atoms with E-state index in [2.05, 4.69) is 15.3 Å². The number of nitrogens with one attached hydrogen (secondary N) is 2. The molecule has 3 rings (SSSR count). The van der Waals surface area contributed by atoms with Crippen LogP contribution in [0.1, 0.15) is 25.3 Å². The van der Waals surface area contributed by atoms with Crippen LogP contribution < -0.4 is 5.32 Å². The average Bonchev–Trinajstić information content (AvgIpc) is 3.14. The number of fused-ring (bicyclic) bond motifs is 1. The number of aromatic amines is 1.